The van der Waals surface area contributed by atoms with Crippen molar-refractivity contribution in [3.05, 3.63) is 51.2 Å². The summed E-state index contributed by atoms with van der Waals surface area (Å²) in [4.78, 5) is 40.3. The third-order valence-electron chi connectivity index (χ3n) is 7.70. The molecule has 3 aliphatic carbocycles. The van der Waals surface area contributed by atoms with Gasteiger partial charge in [0.1, 0.15) is 11.6 Å². The van der Waals surface area contributed by atoms with Gasteiger partial charge in [0.2, 0.25) is 11.8 Å². The van der Waals surface area contributed by atoms with Gasteiger partial charge in [-0.15, -0.1) is 0 Å². The van der Waals surface area contributed by atoms with Gasteiger partial charge in [0.25, 0.3) is 5.56 Å². The molecule has 4 N–H and O–H groups in total. The van der Waals surface area contributed by atoms with Crippen molar-refractivity contribution in [1.29, 1.82) is 0 Å². The van der Waals surface area contributed by atoms with Crippen LogP contribution in [0.2, 0.25) is 5.02 Å². The molecular weight excluding hydrogens is 456 g/mol. The van der Waals surface area contributed by atoms with E-state index in [1.54, 1.807) is 18.3 Å². The number of rotatable bonds is 8. The fourth-order valence-electron chi connectivity index (χ4n) is 5.52. The molecule has 10 heteroatoms. The molecule has 2 amide bonds. The number of nitrogens with one attached hydrogen (secondary N) is 2. The zero-order valence-electron chi connectivity index (χ0n) is 19.7. The van der Waals surface area contributed by atoms with Gasteiger partial charge in [0, 0.05) is 24.5 Å². The van der Waals surface area contributed by atoms with E-state index in [-0.39, 0.29) is 36.5 Å². The highest BCUT2D eigenvalue weighted by molar-refractivity contribution is 6.32. The SMILES string of the molecule is C[C@@H]1[C@H]2C[C@@H](C[C@H]1Nc1cnn(CC(=O)NCc3ccnc(CC(N)=O)c3)c(=O)c1Cl)C2(C)C. The Balaban J connectivity index is 1.36. The van der Waals surface area contributed by atoms with Crippen LogP contribution < -0.4 is 21.9 Å². The monoisotopic (exact) mass is 486 g/mol. The number of nitrogens with two attached hydrogens (primary N) is 1. The fourth-order valence-corrected chi connectivity index (χ4v) is 5.73. The second kappa shape index (κ2) is 9.37. The Bertz CT molecular complexity index is 1160. The highest BCUT2D eigenvalue weighted by atomic mass is 35.5. The van der Waals surface area contributed by atoms with Crippen LogP contribution in [-0.4, -0.2) is 32.6 Å². The molecule has 0 aromatic carbocycles. The molecular formula is C24H31ClN6O3. The molecule has 2 bridgehead atoms. The van der Waals surface area contributed by atoms with E-state index in [1.165, 1.54) is 12.6 Å². The Kier molecular flexibility index (Phi) is 6.66. The van der Waals surface area contributed by atoms with E-state index in [0.717, 1.165) is 16.7 Å². The zero-order valence-corrected chi connectivity index (χ0v) is 20.4. The number of hydrogen-bond acceptors (Lipinski definition) is 6. The van der Waals surface area contributed by atoms with Crippen LogP contribution in [0, 0.1) is 23.2 Å². The van der Waals surface area contributed by atoms with Crippen LogP contribution in [0.15, 0.2) is 29.3 Å². The Morgan fingerprint density at radius 3 is 2.76 bits per heavy atom. The molecule has 2 aromatic heterocycles. The lowest BCUT2D eigenvalue weighted by Crippen LogP contribution is -2.58. The number of halogens is 1. The molecule has 5 rings (SSSR count). The van der Waals surface area contributed by atoms with Crippen LogP contribution in [-0.2, 0) is 29.1 Å². The van der Waals surface area contributed by atoms with Gasteiger partial charge in [0.05, 0.1) is 18.3 Å². The molecule has 0 unspecified atom stereocenters. The van der Waals surface area contributed by atoms with Crippen molar-refractivity contribution in [2.75, 3.05) is 5.32 Å². The molecule has 3 fully saturated rings. The second-order valence-corrected chi connectivity index (χ2v) is 10.5. The predicted molar refractivity (Wildman–Crippen MR) is 129 cm³/mol. The van der Waals surface area contributed by atoms with Gasteiger partial charge in [-0.1, -0.05) is 32.4 Å². The summed E-state index contributed by atoms with van der Waals surface area (Å²) in [7, 11) is 0. The van der Waals surface area contributed by atoms with Crippen molar-refractivity contribution in [2.45, 2.75) is 59.2 Å². The van der Waals surface area contributed by atoms with Gasteiger partial charge in [-0.3, -0.25) is 19.4 Å². The molecule has 182 valence electrons. The number of pyridine rings is 1. The highest BCUT2D eigenvalue weighted by Crippen LogP contribution is 2.61. The molecule has 3 aliphatic rings. The Morgan fingerprint density at radius 2 is 2.09 bits per heavy atom. The highest BCUT2D eigenvalue weighted by Gasteiger charge is 2.56. The average Bonchev–Trinajstić information content (AvgIpc) is 2.78. The lowest BCUT2D eigenvalue weighted by Gasteiger charge is -2.62. The van der Waals surface area contributed by atoms with Gasteiger partial charge >= 0.3 is 0 Å². The van der Waals surface area contributed by atoms with Crippen molar-refractivity contribution >= 4 is 29.1 Å². The molecule has 0 aliphatic heterocycles. The molecule has 2 aromatic rings. The van der Waals surface area contributed by atoms with E-state index in [0.29, 0.717) is 34.6 Å². The van der Waals surface area contributed by atoms with Crippen molar-refractivity contribution < 1.29 is 9.59 Å². The van der Waals surface area contributed by atoms with Gasteiger partial charge in [0.15, 0.2) is 0 Å². The minimum atomic E-state index is -0.511. The van der Waals surface area contributed by atoms with E-state index < -0.39 is 11.5 Å². The van der Waals surface area contributed by atoms with Crippen molar-refractivity contribution in [2.24, 2.45) is 28.9 Å². The average molecular weight is 487 g/mol. The summed E-state index contributed by atoms with van der Waals surface area (Å²) >= 11 is 6.37. The zero-order chi connectivity index (χ0) is 24.6. The van der Waals surface area contributed by atoms with Gasteiger partial charge < -0.3 is 16.4 Å². The minimum Gasteiger partial charge on any atom is -0.379 e. The summed E-state index contributed by atoms with van der Waals surface area (Å²) < 4.78 is 1.05. The standard InChI is InChI=1S/C24H31ClN6O3/c1-13-17-7-15(24(17,2)3)8-18(13)30-19-11-29-31(23(34)22(19)25)12-21(33)28-10-14-4-5-27-16(6-14)9-20(26)32/h4-6,11,13,15,17-18,30H,7-10,12H2,1-3H3,(H2,26,32)(H,28,33)/t13-,15+,17-,18-/m1/s1. The molecule has 0 radical (unpaired) electrons. The normalized spacial score (nSPS) is 24.7. The van der Waals surface area contributed by atoms with Crippen LogP contribution in [0.4, 0.5) is 5.69 Å². The quantitative estimate of drug-likeness (QED) is 0.523. The maximum atomic E-state index is 12.7. The van der Waals surface area contributed by atoms with Crippen LogP contribution in [0.1, 0.15) is 44.9 Å². The first-order valence-corrected chi connectivity index (χ1v) is 11.9. The van der Waals surface area contributed by atoms with E-state index in [9.17, 15) is 14.4 Å². The second-order valence-electron chi connectivity index (χ2n) is 10.1. The largest absolute Gasteiger partial charge is 0.379 e. The third-order valence-corrected chi connectivity index (χ3v) is 8.06. The molecule has 4 atom stereocenters. The number of fused-ring (bicyclic) bond motifs is 2. The van der Waals surface area contributed by atoms with E-state index in [4.69, 9.17) is 17.3 Å². The van der Waals surface area contributed by atoms with Crippen LogP contribution in [0.25, 0.3) is 0 Å². The maximum absolute atomic E-state index is 12.7. The Hall–Kier alpha value is -2.94. The minimum absolute atomic E-state index is 0.0265. The Labute approximate surface area is 203 Å². The first-order chi connectivity index (χ1) is 16.1. The summed E-state index contributed by atoms with van der Waals surface area (Å²) in [6.45, 7) is 6.90. The fraction of sp³-hybridized carbons (Fsp3) is 0.542. The number of anilines is 1. The molecule has 9 nitrogen and oxygen atoms in total. The van der Waals surface area contributed by atoms with E-state index >= 15 is 0 Å². The molecule has 0 spiro atoms. The van der Waals surface area contributed by atoms with E-state index in [1.807, 2.05) is 0 Å². The van der Waals surface area contributed by atoms with Crippen molar-refractivity contribution in [3.63, 3.8) is 0 Å². The Morgan fingerprint density at radius 1 is 1.32 bits per heavy atom. The molecule has 2 heterocycles. The van der Waals surface area contributed by atoms with Crippen LogP contribution in [0.3, 0.4) is 0 Å². The number of primary amides is 1. The number of nitrogens with zero attached hydrogens (tertiary/aromatic N) is 3. The summed E-state index contributed by atoms with van der Waals surface area (Å²) in [6.07, 6.45) is 5.41. The first kappa shape index (κ1) is 24.2. The summed E-state index contributed by atoms with van der Waals surface area (Å²) in [5, 5.41) is 10.4. The van der Waals surface area contributed by atoms with Gasteiger partial charge in [-0.25, -0.2) is 4.68 Å². The predicted octanol–water partition coefficient (Wildman–Crippen LogP) is 2.12. The van der Waals surface area contributed by atoms with Gasteiger partial charge in [-0.2, -0.15) is 5.10 Å². The lowest BCUT2D eigenvalue weighted by molar-refractivity contribution is -0.122. The number of carbonyl (C=O) groups excluding carboxylic acids is 2. The number of hydrogen-bond donors (Lipinski definition) is 3. The smallest absolute Gasteiger partial charge is 0.288 e. The third kappa shape index (κ3) is 4.80. The summed E-state index contributed by atoms with van der Waals surface area (Å²) in [5.41, 5.74) is 6.86. The maximum Gasteiger partial charge on any atom is 0.288 e. The molecule has 0 saturated heterocycles. The summed E-state index contributed by atoms with van der Waals surface area (Å²) in [5.74, 6) is 0.942. The summed E-state index contributed by atoms with van der Waals surface area (Å²) in [6, 6.07) is 3.67. The molecule has 34 heavy (non-hydrogen) atoms. The van der Waals surface area contributed by atoms with Crippen molar-refractivity contribution in [1.82, 2.24) is 20.1 Å². The van der Waals surface area contributed by atoms with Crippen LogP contribution in [0.5, 0.6) is 0 Å². The topological polar surface area (TPSA) is 132 Å². The van der Waals surface area contributed by atoms with Crippen molar-refractivity contribution in [3.8, 4) is 0 Å². The number of amides is 2. The van der Waals surface area contributed by atoms with Crippen LogP contribution >= 0.6 is 11.6 Å². The van der Waals surface area contributed by atoms with E-state index in [2.05, 4.69) is 41.5 Å². The number of carbonyl (C=O) groups is 2. The number of aromatic nitrogens is 3. The van der Waals surface area contributed by atoms with Gasteiger partial charge in [-0.05, 0) is 53.7 Å². The first-order valence-electron chi connectivity index (χ1n) is 11.6. The molecule has 3 saturated carbocycles. The lowest BCUT2D eigenvalue weighted by atomic mass is 9.45.